The van der Waals surface area contributed by atoms with Gasteiger partial charge in [0.05, 0.1) is 30.0 Å². The standard InChI is InChI=1S/C19H19ClFN5O3S/c1-26-18(22)25-19(6-7-29-10-16(19)30(26)28)13-8-12(3-4-14(13)21)24-17(27)15-5-2-11(20)9-23-15/h2-5,8-9,16H,6-7,10H2,1H3,(H2,22,25)(H,24,27). The number of hydrogen-bond acceptors (Lipinski definition) is 5. The van der Waals surface area contributed by atoms with E-state index in [-0.39, 0.29) is 23.8 Å². The summed E-state index contributed by atoms with van der Waals surface area (Å²) < 4.78 is 34.7. The molecule has 1 aromatic carbocycles. The zero-order chi connectivity index (χ0) is 21.5. The van der Waals surface area contributed by atoms with Crippen molar-refractivity contribution in [2.45, 2.75) is 17.2 Å². The summed E-state index contributed by atoms with van der Waals surface area (Å²) in [6.07, 6.45) is 1.69. The summed E-state index contributed by atoms with van der Waals surface area (Å²) in [6, 6.07) is 7.22. The molecule has 1 amide bonds. The second-order valence-electron chi connectivity index (χ2n) is 7.04. The zero-order valence-corrected chi connectivity index (χ0v) is 17.5. The van der Waals surface area contributed by atoms with Crippen LogP contribution in [0.25, 0.3) is 0 Å². The minimum Gasteiger partial charge on any atom is -0.592 e. The Kier molecular flexibility index (Phi) is 5.58. The highest BCUT2D eigenvalue weighted by molar-refractivity contribution is 7.90. The van der Waals surface area contributed by atoms with E-state index in [2.05, 4.69) is 15.6 Å². The lowest BCUT2D eigenvalue weighted by Gasteiger charge is -2.49. The van der Waals surface area contributed by atoms with Crippen molar-refractivity contribution in [2.75, 3.05) is 25.6 Å². The van der Waals surface area contributed by atoms with E-state index < -0.39 is 33.9 Å². The zero-order valence-electron chi connectivity index (χ0n) is 15.9. The topological polar surface area (TPSA) is 113 Å². The van der Waals surface area contributed by atoms with Crippen LogP contribution in [0, 0.1) is 11.2 Å². The Balaban J connectivity index is 1.69. The first-order valence-electron chi connectivity index (χ1n) is 9.13. The van der Waals surface area contributed by atoms with Crippen LogP contribution in [0.5, 0.6) is 0 Å². The minimum atomic E-state index is -1.58. The van der Waals surface area contributed by atoms with Gasteiger partial charge in [-0.25, -0.2) is 9.37 Å². The second kappa shape index (κ2) is 8.03. The Morgan fingerprint density at radius 2 is 2.30 bits per heavy atom. The number of nitrogens with one attached hydrogen (secondary N) is 3. The van der Waals surface area contributed by atoms with Crippen LogP contribution in [0.1, 0.15) is 22.5 Å². The van der Waals surface area contributed by atoms with E-state index in [0.29, 0.717) is 23.7 Å². The minimum absolute atomic E-state index is 0.0642. The summed E-state index contributed by atoms with van der Waals surface area (Å²) >= 11 is 4.22. The molecule has 0 radical (unpaired) electrons. The molecule has 0 saturated carbocycles. The van der Waals surface area contributed by atoms with Gasteiger partial charge in [-0.3, -0.25) is 10.2 Å². The van der Waals surface area contributed by atoms with Crippen molar-refractivity contribution in [1.29, 1.82) is 5.41 Å². The summed E-state index contributed by atoms with van der Waals surface area (Å²) in [5.41, 5.74) is -0.349. The Morgan fingerprint density at radius 1 is 1.50 bits per heavy atom. The third kappa shape index (κ3) is 3.60. The maximum absolute atomic E-state index is 15.0. The van der Waals surface area contributed by atoms with Crippen LogP contribution in [0.4, 0.5) is 10.1 Å². The molecule has 1 aromatic heterocycles. The molecule has 11 heteroatoms. The Bertz CT molecular complexity index is 995. The molecule has 2 aromatic rings. The third-order valence-electron chi connectivity index (χ3n) is 5.29. The summed E-state index contributed by atoms with van der Waals surface area (Å²) in [5, 5.41) is 13.7. The molecule has 4 rings (SSSR count). The van der Waals surface area contributed by atoms with Gasteiger partial charge in [-0.2, -0.15) is 4.31 Å². The Labute approximate surface area is 180 Å². The van der Waals surface area contributed by atoms with Crippen LogP contribution in [0.3, 0.4) is 0 Å². The van der Waals surface area contributed by atoms with Crippen LogP contribution in [0.2, 0.25) is 5.02 Å². The highest BCUT2D eigenvalue weighted by Crippen LogP contribution is 2.41. The van der Waals surface area contributed by atoms with Gasteiger partial charge < -0.3 is 19.9 Å². The van der Waals surface area contributed by atoms with Crippen molar-refractivity contribution >= 4 is 40.5 Å². The van der Waals surface area contributed by atoms with Crippen molar-refractivity contribution in [1.82, 2.24) is 14.6 Å². The molecule has 0 spiro atoms. The fourth-order valence-corrected chi connectivity index (χ4v) is 5.28. The fraction of sp³-hybridized carbons (Fsp3) is 0.316. The third-order valence-corrected chi connectivity index (χ3v) is 7.27. The molecule has 30 heavy (non-hydrogen) atoms. The van der Waals surface area contributed by atoms with Crippen LogP contribution in [-0.4, -0.2) is 51.2 Å². The van der Waals surface area contributed by atoms with Gasteiger partial charge in [0.15, 0.2) is 5.25 Å². The van der Waals surface area contributed by atoms with E-state index >= 15 is 0 Å². The Hall–Kier alpha value is -2.40. The molecule has 8 nitrogen and oxygen atoms in total. The lowest BCUT2D eigenvalue weighted by molar-refractivity contribution is 0.0415. The van der Waals surface area contributed by atoms with E-state index in [1.165, 1.54) is 41.8 Å². The van der Waals surface area contributed by atoms with Gasteiger partial charge in [-0.1, -0.05) is 11.6 Å². The van der Waals surface area contributed by atoms with Crippen molar-refractivity contribution in [2.24, 2.45) is 0 Å². The van der Waals surface area contributed by atoms with E-state index in [1.54, 1.807) is 6.07 Å². The van der Waals surface area contributed by atoms with Gasteiger partial charge in [0.1, 0.15) is 17.1 Å². The fourth-order valence-electron chi connectivity index (χ4n) is 3.70. The first-order valence-corrected chi connectivity index (χ1v) is 10.7. The van der Waals surface area contributed by atoms with Gasteiger partial charge in [0.2, 0.25) is 5.96 Å². The lowest BCUT2D eigenvalue weighted by atomic mass is 9.81. The predicted molar refractivity (Wildman–Crippen MR) is 111 cm³/mol. The van der Waals surface area contributed by atoms with Gasteiger partial charge in [-0.15, -0.1) is 0 Å². The van der Waals surface area contributed by atoms with Crippen LogP contribution < -0.4 is 10.6 Å². The number of rotatable bonds is 3. The summed E-state index contributed by atoms with van der Waals surface area (Å²) in [7, 11) is 1.54. The number of pyridine rings is 1. The molecule has 2 fully saturated rings. The second-order valence-corrected chi connectivity index (χ2v) is 9.15. The number of anilines is 1. The lowest BCUT2D eigenvalue weighted by Crippen LogP contribution is -2.70. The van der Waals surface area contributed by atoms with E-state index in [0.717, 1.165) is 0 Å². The van der Waals surface area contributed by atoms with Gasteiger partial charge >= 0.3 is 0 Å². The SMILES string of the molecule is CN1C(=N)NC2(c3cc(NC(=O)c4ccc(Cl)cn4)ccc3F)CCOCC2[S+]1[O-]. The Morgan fingerprint density at radius 3 is 3.03 bits per heavy atom. The summed E-state index contributed by atoms with van der Waals surface area (Å²) in [6.45, 7) is 0.477. The normalized spacial score (nSPS) is 26.0. The van der Waals surface area contributed by atoms with E-state index in [4.69, 9.17) is 21.7 Å². The number of aromatic nitrogens is 1. The van der Waals surface area contributed by atoms with Crippen molar-refractivity contribution in [3.05, 3.63) is 58.6 Å². The number of nitrogens with zero attached hydrogens (tertiary/aromatic N) is 2. The smallest absolute Gasteiger partial charge is 0.274 e. The highest BCUT2D eigenvalue weighted by Gasteiger charge is 2.57. The number of hydrogen-bond donors (Lipinski definition) is 3. The molecular weight excluding hydrogens is 433 g/mol. The van der Waals surface area contributed by atoms with Crippen LogP contribution in [0.15, 0.2) is 36.5 Å². The van der Waals surface area contributed by atoms with Gasteiger partial charge in [0.25, 0.3) is 5.91 Å². The number of benzene rings is 1. The number of halogens is 2. The van der Waals surface area contributed by atoms with Gasteiger partial charge in [-0.05, 0) is 30.3 Å². The molecule has 3 heterocycles. The molecule has 3 N–H and O–H groups in total. The highest BCUT2D eigenvalue weighted by atomic mass is 35.5. The first-order chi connectivity index (χ1) is 14.3. The number of amides is 1. The molecule has 0 aliphatic carbocycles. The quantitative estimate of drug-likeness (QED) is 0.617. The van der Waals surface area contributed by atoms with Crippen LogP contribution >= 0.6 is 11.6 Å². The maximum atomic E-state index is 15.0. The number of fused-ring (bicyclic) bond motifs is 1. The monoisotopic (exact) mass is 451 g/mol. The molecule has 3 unspecified atom stereocenters. The largest absolute Gasteiger partial charge is 0.592 e. The summed E-state index contributed by atoms with van der Waals surface area (Å²) in [5.74, 6) is -1.06. The molecule has 2 aliphatic heterocycles. The summed E-state index contributed by atoms with van der Waals surface area (Å²) in [4.78, 5) is 16.5. The molecule has 158 valence electrons. The molecule has 2 saturated heterocycles. The molecule has 0 bridgehead atoms. The van der Waals surface area contributed by atoms with Crippen molar-refractivity contribution in [3.8, 4) is 0 Å². The number of ether oxygens (including phenoxy) is 1. The molecule has 3 atom stereocenters. The molecular formula is C19H19ClFN5O3S. The molecule has 2 aliphatic rings. The predicted octanol–water partition coefficient (Wildman–Crippen LogP) is 2.24. The van der Waals surface area contributed by atoms with Crippen molar-refractivity contribution < 1.29 is 18.5 Å². The number of carbonyl (C=O) groups excluding carboxylic acids is 1. The van der Waals surface area contributed by atoms with Crippen molar-refractivity contribution in [3.63, 3.8) is 0 Å². The number of carbonyl (C=O) groups is 1. The first kappa shape index (κ1) is 20.9. The van der Waals surface area contributed by atoms with E-state index in [1.807, 2.05) is 0 Å². The van der Waals surface area contributed by atoms with Gasteiger partial charge in [0, 0.05) is 30.5 Å². The average Bonchev–Trinajstić information content (AvgIpc) is 2.74. The maximum Gasteiger partial charge on any atom is 0.274 e. The van der Waals surface area contributed by atoms with Crippen LogP contribution in [-0.2, 0) is 21.6 Å². The van der Waals surface area contributed by atoms with E-state index in [9.17, 15) is 13.7 Å². The average molecular weight is 452 g/mol. The number of guanidine groups is 1.